The molecule has 22 heteroatoms. The number of nitrogens with zero attached hydrogens (tertiary/aromatic N) is 8. The van der Waals surface area contributed by atoms with Crippen molar-refractivity contribution in [2.45, 2.75) is 13.3 Å². The Morgan fingerprint density at radius 1 is 0.696 bits per heavy atom. The number of carbonyl (C=O) groups excluding carboxylic acids is 1. The van der Waals surface area contributed by atoms with E-state index >= 15 is 0 Å². The second-order valence-corrected chi connectivity index (χ2v) is 13.0. The summed E-state index contributed by atoms with van der Waals surface area (Å²) in [6, 6.07) is 44.4. The van der Waals surface area contributed by atoms with Gasteiger partial charge in [-0.2, -0.15) is 21.0 Å². The number of fused-ring (bicyclic) bond motifs is 1. The van der Waals surface area contributed by atoms with Gasteiger partial charge >= 0.3 is 35.5 Å². The molecule has 1 aromatic heterocycles. The molecule has 0 fully saturated rings. The number of rotatable bonds is 8. The number of hydrogen-bond acceptors (Lipinski definition) is 16. The summed E-state index contributed by atoms with van der Waals surface area (Å²) in [6.45, 7) is 2.05. The summed E-state index contributed by atoms with van der Waals surface area (Å²) in [4.78, 5) is 52.5. The van der Waals surface area contributed by atoms with Crippen LogP contribution in [0.3, 0.4) is 0 Å². The third-order valence-corrected chi connectivity index (χ3v) is 8.60. The number of aromatic nitrogens is 1. The monoisotopic (exact) mass is 941 g/mol. The number of para-hydroxylation sites is 3. The number of nitriles is 4. The SMILES string of the molecule is CCOC(=O)CC#N.N#Cc1c(N)c2ccccc2n(-c2ccc([N+](=O)[O-])cc2)c1=O.N#Cc1ccccc1N.N#Cc1ccccc1Nc1ccc([N+](=O)[O-])cc1.O=[N+]([O-])c1ccc(F)cc1.[H-].[Na+]. The molecule has 0 unspecified atom stereocenters. The van der Waals surface area contributed by atoms with Gasteiger partial charge < -0.3 is 22.9 Å². The predicted octanol–water partition coefficient (Wildman–Crippen LogP) is 6.02. The molecular formula is C47H37FN11NaO9. The van der Waals surface area contributed by atoms with Crippen LogP contribution in [-0.4, -0.2) is 31.9 Å². The first-order valence-corrected chi connectivity index (χ1v) is 19.4. The number of non-ortho nitro benzene ring substituents is 3. The van der Waals surface area contributed by atoms with Gasteiger partial charge in [-0.3, -0.25) is 44.5 Å². The smallest absolute Gasteiger partial charge is 1.00 e. The number of ether oxygens (including phenoxy) is 1. The summed E-state index contributed by atoms with van der Waals surface area (Å²) in [5.41, 5.74) is 14.5. The number of esters is 1. The van der Waals surface area contributed by atoms with Gasteiger partial charge in [0.15, 0.2) is 0 Å². The first-order chi connectivity index (χ1) is 32.6. The molecule has 0 amide bonds. The van der Waals surface area contributed by atoms with Crippen LogP contribution < -0.4 is 51.9 Å². The van der Waals surface area contributed by atoms with E-state index in [0.717, 1.165) is 24.3 Å². The Kier molecular flexibility index (Phi) is 22.9. The van der Waals surface area contributed by atoms with Crippen molar-refractivity contribution in [3.8, 4) is 30.0 Å². The standard InChI is InChI=1S/C16H10N4O3.C13H9N3O2.C7H6N2.C6H4FNO2.C5H7NO2.Na.H/c17-9-13-15(18)12-3-1-2-4-14(12)19(16(13)21)10-5-7-11(8-6-10)20(22)23;14-9-10-3-1-2-4-13(10)15-11-5-7-12(8-6-11)16(17)18;8-5-6-3-1-2-4-7(6)9;7-5-1-3-6(4-2-5)8(9)10;1-2-8-5(7)3-4-6;;/h1-8H,18H2;1-8,15H;1-4H,9H2;1-4H;2-3H2,1H3;;/q;;;;;+1;-1. The molecule has 0 aliphatic heterocycles. The minimum absolute atomic E-state index is 0. The molecule has 0 spiro atoms. The number of nitrogen functional groups attached to an aromatic ring is 2. The zero-order chi connectivity index (χ0) is 50.2. The van der Waals surface area contributed by atoms with E-state index in [2.05, 4.69) is 16.1 Å². The molecule has 1 heterocycles. The van der Waals surface area contributed by atoms with Crippen LogP contribution in [0.15, 0.2) is 150 Å². The van der Waals surface area contributed by atoms with Gasteiger partial charge in [-0.1, -0.05) is 42.5 Å². The van der Waals surface area contributed by atoms with Gasteiger partial charge in [-0.25, -0.2) is 4.39 Å². The number of nitrogens with one attached hydrogen (secondary N) is 1. The van der Waals surface area contributed by atoms with E-state index in [0.29, 0.717) is 51.4 Å². The van der Waals surface area contributed by atoms with Gasteiger partial charge in [-0.05, 0) is 73.7 Å². The van der Waals surface area contributed by atoms with E-state index in [-0.39, 0.29) is 65.7 Å². The van der Waals surface area contributed by atoms with E-state index in [1.807, 2.05) is 18.2 Å². The van der Waals surface area contributed by atoms with Crippen molar-refractivity contribution in [1.29, 1.82) is 21.0 Å². The minimum Gasteiger partial charge on any atom is -1.00 e. The number of nitro groups is 3. The summed E-state index contributed by atoms with van der Waals surface area (Å²) >= 11 is 0. The van der Waals surface area contributed by atoms with E-state index in [9.17, 15) is 49.6 Å². The molecule has 0 aliphatic carbocycles. The number of anilines is 4. The van der Waals surface area contributed by atoms with Crippen molar-refractivity contribution >= 4 is 56.7 Å². The molecule has 7 rings (SSSR count). The number of carbonyl (C=O) groups is 1. The van der Waals surface area contributed by atoms with Crippen LogP contribution in [0.1, 0.15) is 31.5 Å². The van der Waals surface area contributed by atoms with E-state index < -0.39 is 32.1 Å². The number of nitrogens with two attached hydrogens (primary N) is 2. The van der Waals surface area contributed by atoms with Gasteiger partial charge in [0.05, 0.1) is 55.5 Å². The van der Waals surface area contributed by atoms with E-state index in [1.165, 1.54) is 41.0 Å². The number of nitro benzene ring substituents is 3. The first kappa shape index (κ1) is 55.6. The molecule has 0 atom stereocenters. The molecule has 342 valence electrons. The van der Waals surface area contributed by atoms with Crippen molar-refractivity contribution in [3.05, 3.63) is 209 Å². The van der Waals surface area contributed by atoms with Crippen LogP contribution in [0.5, 0.6) is 0 Å². The molecule has 0 bridgehead atoms. The average molecular weight is 942 g/mol. The Bertz CT molecular complexity index is 3150. The van der Waals surface area contributed by atoms with Gasteiger partial charge in [-0.15, -0.1) is 0 Å². The van der Waals surface area contributed by atoms with Crippen molar-refractivity contribution in [3.63, 3.8) is 0 Å². The first-order valence-electron chi connectivity index (χ1n) is 19.4. The Balaban J connectivity index is 0.000000464. The molecule has 5 N–H and O–H groups in total. The Hall–Kier alpha value is -9.51. The summed E-state index contributed by atoms with van der Waals surface area (Å²) in [6.07, 6.45) is -0.145. The van der Waals surface area contributed by atoms with Gasteiger partial charge in [0.2, 0.25) is 0 Å². The largest absolute Gasteiger partial charge is 1.00 e. The summed E-state index contributed by atoms with van der Waals surface area (Å²) in [7, 11) is 0. The van der Waals surface area contributed by atoms with Gasteiger partial charge in [0, 0.05) is 58.8 Å². The Morgan fingerprint density at radius 3 is 1.65 bits per heavy atom. The molecule has 20 nitrogen and oxygen atoms in total. The molecule has 69 heavy (non-hydrogen) atoms. The molecule has 0 saturated heterocycles. The zero-order valence-corrected chi connectivity index (χ0v) is 38.6. The summed E-state index contributed by atoms with van der Waals surface area (Å²) in [5, 5.41) is 69.3. The molecule has 0 radical (unpaired) electrons. The molecular weight excluding hydrogens is 905 g/mol. The summed E-state index contributed by atoms with van der Waals surface area (Å²) < 4.78 is 17.9. The Morgan fingerprint density at radius 2 is 1.17 bits per heavy atom. The number of halogens is 1. The molecule has 7 aromatic rings. The second-order valence-electron chi connectivity index (χ2n) is 13.0. The maximum absolute atomic E-state index is 12.6. The normalized spacial score (nSPS) is 9.25. The number of hydrogen-bond donors (Lipinski definition) is 3. The van der Waals surface area contributed by atoms with Gasteiger partial charge in [0.1, 0.15) is 36.0 Å². The van der Waals surface area contributed by atoms with Crippen molar-refractivity contribution in [2.75, 3.05) is 23.4 Å². The fourth-order valence-electron chi connectivity index (χ4n) is 5.41. The van der Waals surface area contributed by atoms with Crippen LogP contribution in [0.4, 0.5) is 44.2 Å². The molecule has 0 aliphatic rings. The second kappa shape index (κ2) is 28.4. The average Bonchev–Trinajstić information content (AvgIpc) is 3.33. The number of pyridine rings is 1. The maximum atomic E-state index is 12.6. The van der Waals surface area contributed by atoms with Crippen LogP contribution in [0.25, 0.3) is 16.6 Å². The van der Waals surface area contributed by atoms with Crippen molar-refractivity contribution < 1.29 is 59.7 Å². The zero-order valence-electron chi connectivity index (χ0n) is 37.6. The fraction of sp³-hybridized carbons (Fsp3) is 0.0638. The van der Waals surface area contributed by atoms with Crippen LogP contribution in [0, 0.1) is 81.5 Å². The van der Waals surface area contributed by atoms with Crippen LogP contribution in [-0.2, 0) is 9.53 Å². The van der Waals surface area contributed by atoms with E-state index in [4.69, 9.17) is 27.3 Å². The third-order valence-electron chi connectivity index (χ3n) is 8.60. The number of benzene rings is 6. The minimum atomic E-state index is -0.570. The fourth-order valence-corrected chi connectivity index (χ4v) is 5.41. The maximum Gasteiger partial charge on any atom is 1.00 e. The van der Waals surface area contributed by atoms with Gasteiger partial charge in [0.25, 0.3) is 22.6 Å². The predicted molar refractivity (Wildman–Crippen MR) is 249 cm³/mol. The third kappa shape index (κ3) is 16.8. The van der Waals surface area contributed by atoms with Crippen LogP contribution in [0.2, 0.25) is 0 Å². The molecule has 0 saturated carbocycles. The molecule has 6 aromatic carbocycles. The van der Waals surface area contributed by atoms with Crippen molar-refractivity contribution in [1.82, 2.24) is 4.57 Å². The topological polar surface area (TPSA) is 337 Å². The van der Waals surface area contributed by atoms with E-state index in [1.54, 1.807) is 91.9 Å². The quantitative estimate of drug-likeness (QED) is 0.0515. The van der Waals surface area contributed by atoms with Crippen LogP contribution >= 0.6 is 0 Å². The Labute approximate surface area is 415 Å². The summed E-state index contributed by atoms with van der Waals surface area (Å²) in [5.74, 6) is -0.916. The van der Waals surface area contributed by atoms with Crippen molar-refractivity contribution in [2.24, 2.45) is 0 Å².